The Morgan fingerprint density at radius 1 is 1.35 bits per heavy atom. The monoisotopic (exact) mass is 336 g/mol. The summed E-state index contributed by atoms with van der Waals surface area (Å²) in [6.45, 7) is 3.35. The van der Waals surface area contributed by atoms with Crippen molar-refractivity contribution in [2.75, 3.05) is 13.2 Å². The van der Waals surface area contributed by atoms with E-state index < -0.39 is 31.3 Å². The van der Waals surface area contributed by atoms with Crippen molar-refractivity contribution < 1.29 is 31.9 Å². The minimum Gasteiger partial charge on any atom is -0.464 e. The molecular formula is C14H19F3N2O4. The number of aryl methyl sites for hydroxylation is 1. The molecule has 1 aromatic rings. The van der Waals surface area contributed by atoms with Gasteiger partial charge in [-0.1, -0.05) is 0 Å². The highest BCUT2D eigenvalue weighted by atomic mass is 19.4. The van der Waals surface area contributed by atoms with E-state index >= 15 is 0 Å². The number of carbonyl (C=O) groups is 2. The molecule has 1 rings (SSSR count). The van der Waals surface area contributed by atoms with Gasteiger partial charge in [-0.15, -0.1) is 0 Å². The molecule has 0 radical (unpaired) electrons. The number of nitrogens with zero attached hydrogens (tertiary/aromatic N) is 1. The van der Waals surface area contributed by atoms with Gasteiger partial charge in [0.1, 0.15) is 18.1 Å². The number of furan rings is 1. The maximum atomic E-state index is 12.1. The molecule has 0 aliphatic heterocycles. The Hall–Kier alpha value is -2.19. The van der Waals surface area contributed by atoms with Crippen LogP contribution in [-0.4, -0.2) is 42.3 Å². The Bertz CT molecular complexity index is 540. The quantitative estimate of drug-likeness (QED) is 0.867. The molecule has 0 unspecified atom stereocenters. The SMILES string of the molecule is Cc1ccc(CN(C(=O)CNC(=O)OCC(F)(F)F)C(C)C)o1. The largest absolute Gasteiger partial charge is 0.464 e. The number of nitrogens with one attached hydrogen (secondary N) is 1. The lowest BCUT2D eigenvalue weighted by Gasteiger charge is -2.26. The zero-order chi connectivity index (χ0) is 17.6. The second-order valence-corrected chi connectivity index (χ2v) is 5.17. The minimum atomic E-state index is -4.61. The van der Waals surface area contributed by atoms with E-state index in [1.165, 1.54) is 4.90 Å². The average molecular weight is 336 g/mol. The summed E-state index contributed by atoms with van der Waals surface area (Å²) in [7, 11) is 0. The molecule has 2 amide bonds. The summed E-state index contributed by atoms with van der Waals surface area (Å²) in [5.74, 6) is 0.812. The molecule has 130 valence electrons. The molecule has 6 nitrogen and oxygen atoms in total. The van der Waals surface area contributed by atoms with E-state index in [0.29, 0.717) is 11.5 Å². The number of hydrogen-bond acceptors (Lipinski definition) is 4. The Morgan fingerprint density at radius 2 is 2.00 bits per heavy atom. The molecule has 1 heterocycles. The third kappa shape index (κ3) is 7.07. The van der Waals surface area contributed by atoms with Crippen molar-refractivity contribution in [3.05, 3.63) is 23.7 Å². The molecule has 0 aliphatic rings. The minimum absolute atomic E-state index is 0.180. The topological polar surface area (TPSA) is 71.8 Å². The van der Waals surface area contributed by atoms with Gasteiger partial charge in [-0.05, 0) is 32.9 Å². The third-order valence-corrected chi connectivity index (χ3v) is 2.82. The van der Waals surface area contributed by atoms with Crippen LogP contribution in [0.5, 0.6) is 0 Å². The number of carbonyl (C=O) groups excluding carboxylic acids is 2. The van der Waals surface area contributed by atoms with Gasteiger partial charge in [0.05, 0.1) is 6.54 Å². The summed E-state index contributed by atoms with van der Waals surface area (Å²) in [6.07, 6.45) is -5.91. The van der Waals surface area contributed by atoms with Crippen LogP contribution in [-0.2, 0) is 16.1 Å². The number of amides is 2. The van der Waals surface area contributed by atoms with Crippen LogP contribution in [0.1, 0.15) is 25.4 Å². The van der Waals surface area contributed by atoms with Gasteiger partial charge in [0.2, 0.25) is 5.91 Å². The molecule has 1 aromatic heterocycles. The summed E-state index contributed by atoms with van der Waals surface area (Å²) < 4.78 is 45.0. The van der Waals surface area contributed by atoms with Crippen LogP contribution in [0.3, 0.4) is 0 Å². The molecule has 0 saturated carbocycles. The summed E-state index contributed by atoms with van der Waals surface area (Å²) in [6, 6.07) is 3.30. The number of alkyl carbamates (subject to hydrolysis) is 1. The lowest BCUT2D eigenvalue weighted by molar-refractivity contribution is -0.160. The molecule has 0 aromatic carbocycles. The van der Waals surface area contributed by atoms with E-state index in [4.69, 9.17) is 4.42 Å². The van der Waals surface area contributed by atoms with Crippen molar-refractivity contribution in [1.29, 1.82) is 0 Å². The summed E-state index contributed by atoms with van der Waals surface area (Å²) in [5.41, 5.74) is 0. The molecule has 0 fully saturated rings. The van der Waals surface area contributed by atoms with Gasteiger partial charge in [0.15, 0.2) is 6.61 Å². The first-order chi connectivity index (χ1) is 10.6. The predicted molar refractivity (Wildman–Crippen MR) is 74.5 cm³/mol. The van der Waals surface area contributed by atoms with Gasteiger partial charge in [0, 0.05) is 6.04 Å². The van der Waals surface area contributed by atoms with Crippen molar-refractivity contribution in [1.82, 2.24) is 10.2 Å². The lowest BCUT2D eigenvalue weighted by Crippen LogP contribution is -2.43. The number of alkyl halides is 3. The van der Waals surface area contributed by atoms with E-state index in [-0.39, 0.29) is 12.6 Å². The zero-order valence-electron chi connectivity index (χ0n) is 13.1. The predicted octanol–water partition coefficient (Wildman–Crippen LogP) is 2.61. The third-order valence-electron chi connectivity index (χ3n) is 2.82. The van der Waals surface area contributed by atoms with Gasteiger partial charge < -0.3 is 19.4 Å². The van der Waals surface area contributed by atoms with Crippen LogP contribution in [0.2, 0.25) is 0 Å². The van der Waals surface area contributed by atoms with E-state index in [9.17, 15) is 22.8 Å². The molecule has 0 saturated heterocycles. The fraction of sp³-hybridized carbons (Fsp3) is 0.571. The van der Waals surface area contributed by atoms with Crippen molar-refractivity contribution in [2.24, 2.45) is 0 Å². The maximum Gasteiger partial charge on any atom is 0.422 e. The van der Waals surface area contributed by atoms with E-state index in [0.717, 1.165) is 0 Å². The zero-order valence-corrected chi connectivity index (χ0v) is 13.1. The summed E-state index contributed by atoms with van der Waals surface area (Å²) >= 11 is 0. The smallest absolute Gasteiger partial charge is 0.422 e. The first kappa shape index (κ1) is 18.9. The summed E-state index contributed by atoms with van der Waals surface area (Å²) in [4.78, 5) is 24.7. The number of rotatable bonds is 6. The van der Waals surface area contributed by atoms with Crippen molar-refractivity contribution >= 4 is 12.0 Å². The molecule has 0 atom stereocenters. The van der Waals surface area contributed by atoms with Crippen LogP contribution >= 0.6 is 0 Å². The van der Waals surface area contributed by atoms with Crippen molar-refractivity contribution in [2.45, 2.75) is 39.5 Å². The first-order valence-electron chi connectivity index (χ1n) is 6.90. The van der Waals surface area contributed by atoms with E-state index in [1.54, 1.807) is 32.9 Å². The Balaban J connectivity index is 2.50. The highest BCUT2D eigenvalue weighted by molar-refractivity contribution is 5.82. The Morgan fingerprint density at radius 3 is 2.48 bits per heavy atom. The van der Waals surface area contributed by atoms with Crippen LogP contribution in [0, 0.1) is 6.92 Å². The van der Waals surface area contributed by atoms with Crippen molar-refractivity contribution in [3.63, 3.8) is 0 Å². The van der Waals surface area contributed by atoms with Crippen molar-refractivity contribution in [3.8, 4) is 0 Å². The Kier molecular flexibility index (Phi) is 6.47. The maximum absolute atomic E-state index is 12.1. The van der Waals surface area contributed by atoms with E-state index in [2.05, 4.69) is 4.74 Å². The van der Waals surface area contributed by atoms with Gasteiger partial charge in [-0.25, -0.2) is 4.79 Å². The molecule has 0 spiro atoms. The highest BCUT2D eigenvalue weighted by Crippen LogP contribution is 2.14. The fourth-order valence-corrected chi connectivity index (χ4v) is 1.74. The molecule has 0 aliphatic carbocycles. The lowest BCUT2D eigenvalue weighted by atomic mass is 10.3. The average Bonchev–Trinajstić information content (AvgIpc) is 2.84. The van der Waals surface area contributed by atoms with Crippen LogP contribution < -0.4 is 5.32 Å². The normalized spacial score (nSPS) is 11.4. The van der Waals surface area contributed by atoms with Gasteiger partial charge >= 0.3 is 12.3 Å². The number of halogens is 3. The second kappa shape index (κ2) is 7.89. The molecular weight excluding hydrogens is 317 g/mol. The molecule has 9 heteroatoms. The Labute approximate surface area is 131 Å². The highest BCUT2D eigenvalue weighted by Gasteiger charge is 2.29. The fourth-order valence-electron chi connectivity index (χ4n) is 1.74. The number of hydrogen-bond donors (Lipinski definition) is 1. The standard InChI is InChI=1S/C14H19F3N2O4/c1-9(2)19(7-11-5-4-10(3)23-11)12(20)6-18-13(21)22-8-14(15,16)17/h4-5,9H,6-8H2,1-3H3,(H,18,21). The van der Waals surface area contributed by atoms with Crippen LogP contribution in [0.15, 0.2) is 16.5 Å². The number of ether oxygens (including phenoxy) is 1. The van der Waals surface area contributed by atoms with Crippen LogP contribution in [0.4, 0.5) is 18.0 Å². The van der Waals surface area contributed by atoms with Gasteiger partial charge in [0.25, 0.3) is 0 Å². The molecule has 1 N–H and O–H groups in total. The second-order valence-electron chi connectivity index (χ2n) is 5.17. The summed E-state index contributed by atoms with van der Waals surface area (Å²) in [5, 5.41) is 2.00. The molecule has 0 bridgehead atoms. The van der Waals surface area contributed by atoms with E-state index in [1.807, 2.05) is 5.32 Å². The van der Waals surface area contributed by atoms with Crippen LogP contribution in [0.25, 0.3) is 0 Å². The first-order valence-corrected chi connectivity index (χ1v) is 6.90. The molecule has 23 heavy (non-hydrogen) atoms. The van der Waals surface area contributed by atoms with Gasteiger partial charge in [-0.3, -0.25) is 4.79 Å². The van der Waals surface area contributed by atoms with Gasteiger partial charge in [-0.2, -0.15) is 13.2 Å².